The molecule has 1 N–H and O–H groups in total. The zero-order valence-corrected chi connectivity index (χ0v) is 21.1. The number of rotatable bonds is 8. The van der Waals surface area contributed by atoms with E-state index in [1.807, 2.05) is 43.3 Å². The van der Waals surface area contributed by atoms with Crippen LogP contribution in [0.1, 0.15) is 43.5 Å². The molecule has 0 saturated heterocycles. The zero-order valence-electron chi connectivity index (χ0n) is 20.3. The van der Waals surface area contributed by atoms with Gasteiger partial charge in [-0.1, -0.05) is 41.0 Å². The van der Waals surface area contributed by atoms with E-state index < -0.39 is 29.3 Å². The van der Waals surface area contributed by atoms with E-state index >= 15 is 0 Å². The lowest BCUT2D eigenvalue weighted by atomic mass is 9.88. The summed E-state index contributed by atoms with van der Waals surface area (Å²) in [6.07, 6.45) is -3.31. The van der Waals surface area contributed by atoms with Crippen LogP contribution in [0.25, 0.3) is 11.0 Å². The predicted molar refractivity (Wildman–Crippen MR) is 133 cm³/mol. The number of nitrogens with one attached hydrogen (secondary N) is 1. The first-order valence-electron chi connectivity index (χ1n) is 11.6. The number of hydrogen-bond donors (Lipinski definition) is 1. The molecule has 4 aromatic rings. The minimum Gasteiger partial charge on any atom is -0.462 e. The molecule has 0 aliphatic heterocycles. The van der Waals surface area contributed by atoms with Crippen LogP contribution in [0.5, 0.6) is 5.88 Å². The van der Waals surface area contributed by atoms with Crippen LogP contribution in [-0.2, 0) is 17.4 Å². The molecule has 0 aliphatic rings. The summed E-state index contributed by atoms with van der Waals surface area (Å²) in [4.78, 5) is 16.9. The van der Waals surface area contributed by atoms with E-state index in [1.165, 1.54) is 13.8 Å². The van der Waals surface area contributed by atoms with E-state index in [0.29, 0.717) is 28.9 Å². The van der Waals surface area contributed by atoms with Gasteiger partial charge in [-0.2, -0.15) is 13.2 Å². The Morgan fingerprint density at radius 1 is 1.08 bits per heavy atom. The number of hydrogen-bond acceptors (Lipinski definition) is 5. The molecule has 2 heterocycles. The molecule has 10 heteroatoms. The molecule has 2 atom stereocenters. The van der Waals surface area contributed by atoms with Crippen LogP contribution < -0.4 is 10.1 Å². The van der Waals surface area contributed by atoms with Gasteiger partial charge in [0.1, 0.15) is 0 Å². The number of para-hydroxylation sites is 1. The molecule has 2 aromatic carbocycles. The summed E-state index contributed by atoms with van der Waals surface area (Å²) in [5.74, 6) is -0.828. The number of fused-ring (bicyclic) bond motifs is 1. The Morgan fingerprint density at radius 2 is 1.78 bits per heavy atom. The number of alkyl halides is 3. The molecule has 0 radical (unpaired) electrons. The largest absolute Gasteiger partial charge is 0.462 e. The molecular weight excluding hydrogens is 507 g/mol. The number of amides is 1. The number of benzene rings is 2. The molecule has 2 unspecified atom stereocenters. The minimum atomic E-state index is -4.52. The number of aromatic nitrogens is 2. The van der Waals surface area contributed by atoms with Gasteiger partial charge < -0.3 is 14.6 Å². The molecule has 0 saturated carbocycles. The Morgan fingerprint density at radius 3 is 2.43 bits per heavy atom. The normalized spacial score (nSPS) is 13.8. The van der Waals surface area contributed by atoms with Crippen LogP contribution in [0.2, 0.25) is 5.02 Å². The van der Waals surface area contributed by atoms with Crippen molar-refractivity contribution in [2.75, 3.05) is 0 Å². The molecule has 0 fully saturated rings. The first-order chi connectivity index (χ1) is 17.4. The quantitative estimate of drug-likeness (QED) is 0.278. The van der Waals surface area contributed by atoms with Crippen molar-refractivity contribution < 1.29 is 27.2 Å². The molecule has 0 aliphatic carbocycles. The summed E-state index contributed by atoms with van der Waals surface area (Å²) < 4.78 is 49.7. The van der Waals surface area contributed by atoms with Crippen LogP contribution >= 0.6 is 11.6 Å². The van der Waals surface area contributed by atoms with Gasteiger partial charge in [0.15, 0.2) is 11.2 Å². The first-order valence-corrected chi connectivity index (χ1v) is 11.9. The van der Waals surface area contributed by atoms with Crippen LogP contribution in [0.3, 0.4) is 0 Å². The second-order valence-electron chi connectivity index (χ2n) is 9.26. The van der Waals surface area contributed by atoms with E-state index in [4.69, 9.17) is 20.9 Å². The summed E-state index contributed by atoms with van der Waals surface area (Å²) in [7, 11) is 0. The van der Waals surface area contributed by atoms with Crippen molar-refractivity contribution in [3.63, 3.8) is 0 Å². The minimum absolute atomic E-state index is 0.0963. The highest BCUT2D eigenvalue weighted by atomic mass is 35.5. The van der Waals surface area contributed by atoms with E-state index in [1.54, 1.807) is 12.1 Å². The maximum atomic E-state index is 13.2. The maximum Gasteiger partial charge on any atom is 0.417 e. The summed E-state index contributed by atoms with van der Waals surface area (Å²) in [5.41, 5.74) is 0.000806. The molecule has 6 nitrogen and oxygen atoms in total. The highest BCUT2D eigenvalue weighted by Gasteiger charge is 2.35. The van der Waals surface area contributed by atoms with Gasteiger partial charge in [-0.25, -0.2) is 4.98 Å². The Balaban J connectivity index is 1.55. The van der Waals surface area contributed by atoms with Crippen molar-refractivity contribution in [2.45, 2.75) is 50.9 Å². The topological polar surface area (TPSA) is 77.2 Å². The maximum absolute atomic E-state index is 13.2. The van der Waals surface area contributed by atoms with Gasteiger partial charge in [-0.3, -0.25) is 4.79 Å². The molecule has 1 amide bonds. The Kier molecular flexibility index (Phi) is 7.45. The third kappa shape index (κ3) is 6.22. The van der Waals surface area contributed by atoms with Crippen molar-refractivity contribution in [1.82, 2.24) is 15.5 Å². The van der Waals surface area contributed by atoms with Gasteiger partial charge in [0, 0.05) is 34.6 Å². The smallest absolute Gasteiger partial charge is 0.417 e. The number of ether oxygens (including phenoxy) is 1. The van der Waals surface area contributed by atoms with Gasteiger partial charge in [0.05, 0.1) is 11.3 Å². The molecule has 37 heavy (non-hydrogen) atoms. The number of carbonyl (C=O) groups excluding carboxylic acids is 1. The van der Waals surface area contributed by atoms with E-state index in [0.717, 1.165) is 23.1 Å². The fourth-order valence-corrected chi connectivity index (χ4v) is 4.08. The lowest BCUT2D eigenvalue weighted by Crippen LogP contribution is -2.51. The van der Waals surface area contributed by atoms with Crippen LogP contribution in [-0.4, -0.2) is 27.7 Å². The van der Waals surface area contributed by atoms with Gasteiger partial charge >= 0.3 is 6.18 Å². The van der Waals surface area contributed by atoms with Crippen molar-refractivity contribution in [3.05, 3.63) is 88.7 Å². The Hall–Kier alpha value is -3.59. The van der Waals surface area contributed by atoms with Crippen molar-refractivity contribution >= 4 is 28.5 Å². The lowest BCUT2D eigenvalue weighted by Gasteiger charge is -2.29. The van der Waals surface area contributed by atoms with Crippen molar-refractivity contribution in [1.29, 1.82) is 0 Å². The standard InChI is InChI=1S/C27H25ClF3N3O3/c1-16(33-25(35)26(2,3)36-23-13-10-18(15-32-23)27(29,30)31)21(14-17-8-11-19(28)12-9-17)24-20-6-4-5-7-22(20)37-34-24/h4-13,15-16,21H,14H2,1-3H3,(H,33,35). The number of pyridine rings is 1. The molecule has 2 aromatic heterocycles. The molecule has 0 bridgehead atoms. The Labute approximate surface area is 216 Å². The second-order valence-corrected chi connectivity index (χ2v) is 9.69. The highest BCUT2D eigenvalue weighted by molar-refractivity contribution is 6.30. The molecular formula is C27H25ClF3N3O3. The highest BCUT2D eigenvalue weighted by Crippen LogP contribution is 2.32. The van der Waals surface area contributed by atoms with Gasteiger partial charge in [-0.15, -0.1) is 0 Å². The molecule has 0 spiro atoms. The summed E-state index contributed by atoms with van der Waals surface area (Å²) in [5, 5.41) is 8.75. The first kappa shape index (κ1) is 26.5. The van der Waals surface area contributed by atoms with Crippen LogP contribution in [0.4, 0.5) is 13.2 Å². The van der Waals surface area contributed by atoms with Gasteiger partial charge in [0.25, 0.3) is 5.91 Å². The Bertz CT molecular complexity index is 1370. The number of halogens is 4. The number of nitrogens with zero attached hydrogens (tertiary/aromatic N) is 2. The summed E-state index contributed by atoms with van der Waals surface area (Å²) in [6, 6.07) is 16.4. The predicted octanol–water partition coefficient (Wildman–Crippen LogP) is 6.58. The molecule has 194 valence electrons. The van der Waals surface area contributed by atoms with Crippen LogP contribution in [0, 0.1) is 0 Å². The van der Waals surface area contributed by atoms with E-state index in [2.05, 4.69) is 15.5 Å². The number of carbonyl (C=O) groups is 1. The fraction of sp³-hybridized carbons (Fsp3) is 0.296. The average Bonchev–Trinajstić information content (AvgIpc) is 3.27. The van der Waals surface area contributed by atoms with Crippen LogP contribution in [0.15, 0.2) is 71.4 Å². The van der Waals surface area contributed by atoms with Gasteiger partial charge in [0.2, 0.25) is 5.88 Å². The third-order valence-electron chi connectivity index (χ3n) is 6.06. The van der Waals surface area contributed by atoms with Gasteiger partial charge in [-0.05, 0) is 63.1 Å². The third-order valence-corrected chi connectivity index (χ3v) is 6.31. The van der Waals surface area contributed by atoms with E-state index in [-0.39, 0.29) is 11.8 Å². The fourth-order valence-electron chi connectivity index (χ4n) is 3.95. The van der Waals surface area contributed by atoms with E-state index in [9.17, 15) is 18.0 Å². The van der Waals surface area contributed by atoms with Crippen molar-refractivity contribution in [3.8, 4) is 5.88 Å². The molecule has 4 rings (SSSR count). The SMILES string of the molecule is CC(NC(=O)C(C)(C)Oc1ccc(C(F)(F)F)cn1)C(Cc1ccc(Cl)cc1)c1noc2ccccc12. The van der Waals surface area contributed by atoms with Crippen molar-refractivity contribution in [2.24, 2.45) is 0 Å². The monoisotopic (exact) mass is 531 g/mol. The zero-order chi connectivity index (χ0) is 26.8. The second kappa shape index (κ2) is 10.4. The lowest BCUT2D eigenvalue weighted by molar-refractivity contribution is -0.138. The average molecular weight is 532 g/mol. The summed E-state index contributed by atoms with van der Waals surface area (Å²) >= 11 is 6.05. The summed E-state index contributed by atoms with van der Waals surface area (Å²) in [6.45, 7) is 4.90.